The van der Waals surface area contributed by atoms with E-state index in [2.05, 4.69) is 34.5 Å². The van der Waals surface area contributed by atoms with Gasteiger partial charge in [-0.05, 0) is 24.2 Å². The summed E-state index contributed by atoms with van der Waals surface area (Å²) in [5, 5.41) is 0. The summed E-state index contributed by atoms with van der Waals surface area (Å²) < 4.78 is 37.2. The molecule has 0 N–H and O–H groups in total. The summed E-state index contributed by atoms with van der Waals surface area (Å²) in [7, 11) is -4.36. The van der Waals surface area contributed by atoms with Crippen molar-refractivity contribution in [3.63, 3.8) is 0 Å². The van der Waals surface area contributed by atoms with Crippen LogP contribution in [0.3, 0.4) is 0 Å². The van der Waals surface area contributed by atoms with Crippen LogP contribution in [-0.2, 0) is 31.8 Å². The molecule has 11 heteroatoms. The van der Waals surface area contributed by atoms with Gasteiger partial charge in [-0.2, -0.15) is 0 Å². The van der Waals surface area contributed by atoms with E-state index in [0.29, 0.717) is 50.4 Å². The Kier molecular flexibility index (Phi) is 7.36. The summed E-state index contributed by atoms with van der Waals surface area (Å²) in [4.78, 5) is 16.0. The van der Waals surface area contributed by atoms with Crippen molar-refractivity contribution in [1.82, 2.24) is 19.5 Å². The minimum Gasteiger partial charge on any atom is -0.378 e. The van der Waals surface area contributed by atoms with Gasteiger partial charge in [0.25, 0.3) is 0 Å². The van der Waals surface area contributed by atoms with E-state index < -0.39 is 17.9 Å². The first-order valence-electron chi connectivity index (χ1n) is 11.5. The highest BCUT2D eigenvalue weighted by Crippen LogP contribution is 2.25. The van der Waals surface area contributed by atoms with E-state index in [1.54, 1.807) is 12.4 Å². The third kappa shape index (κ3) is 6.62. The molecule has 0 bridgehead atoms. The number of anilines is 1. The lowest BCUT2D eigenvalue weighted by Gasteiger charge is -2.28. The first-order valence-corrected chi connectivity index (χ1v) is 17.3. The second-order valence-electron chi connectivity index (χ2n) is 9.98. The van der Waals surface area contributed by atoms with Crippen LogP contribution in [0.25, 0.3) is 22.4 Å². The molecule has 3 aromatic rings. The van der Waals surface area contributed by atoms with Crippen LogP contribution in [0.15, 0.2) is 30.6 Å². The fourth-order valence-electron chi connectivity index (χ4n) is 3.76. The van der Waals surface area contributed by atoms with Crippen LogP contribution in [0.1, 0.15) is 5.69 Å². The Labute approximate surface area is 202 Å². The second-order valence-corrected chi connectivity index (χ2v) is 17.7. The number of morpholine rings is 1. The van der Waals surface area contributed by atoms with E-state index in [1.165, 1.54) is 6.26 Å². The number of nitrogens with zero attached hydrogens (tertiary/aromatic N) is 5. The van der Waals surface area contributed by atoms with Crippen LogP contribution in [0.2, 0.25) is 25.7 Å². The summed E-state index contributed by atoms with van der Waals surface area (Å²) in [6.07, 6.45) is 3.00. The van der Waals surface area contributed by atoms with Crippen LogP contribution < -0.4 is 4.90 Å². The third-order valence-corrected chi connectivity index (χ3v) is 8.14. The lowest BCUT2D eigenvalue weighted by molar-refractivity contribution is 0.0898. The van der Waals surface area contributed by atoms with Gasteiger partial charge in [-0.3, -0.25) is 0 Å². The van der Waals surface area contributed by atoms with Gasteiger partial charge >= 0.3 is 0 Å². The fraction of sp³-hybridized carbons (Fsp3) is 0.522. The van der Waals surface area contributed by atoms with Gasteiger partial charge in [-0.1, -0.05) is 19.6 Å². The molecule has 0 radical (unpaired) electrons. The normalized spacial score (nSPS) is 15.2. The SMILES string of the molecule is C[Si](C)(C)CCOCn1cnc2cc(-c3nc(CS(C)(=O)=O)cc(N4CCOCC4)n3)ccc21. The Morgan fingerprint density at radius 2 is 1.88 bits per heavy atom. The summed E-state index contributed by atoms with van der Waals surface area (Å²) in [5.41, 5.74) is 3.06. The number of sulfone groups is 1. The molecule has 0 saturated carbocycles. The Morgan fingerprint density at radius 1 is 1.12 bits per heavy atom. The van der Waals surface area contributed by atoms with E-state index in [9.17, 15) is 8.42 Å². The zero-order chi connectivity index (χ0) is 24.3. The van der Waals surface area contributed by atoms with E-state index >= 15 is 0 Å². The summed E-state index contributed by atoms with van der Waals surface area (Å²) in [6, 6.07) is 8.76. The van der Waals surface area contributed by atoms with Crippen molar-refractivity contribution in [2.45, 2.75) is 38.2 Å². The third-order valence-electron chi connectivity index (χ3n) is 5.62. The lowest BCUT2D eigenvalue weighted by atomic mass is 10.2. The Bertz CT molecular complexity index is 1250. The van der Waals surface area contributed by atoms with Crippen LogP contribution in [-0.4, -0.2) is 75.2 Å². The Hall–Kier alpha value is -2.34. The minimum atomic E-state index is -3.24. The lowest BCUT2D eigenvalue weighted by Crippen LogP contribution is -2.37. The first kappa shape index (κ1) is 24.8. The topological polar surface area (TPSA) is 99.4 Å². The molecule has 9 nitrogen and oxygen atoms in total. The molecule has 0 spiro atoms. The van der Waals surface area contributed by atoms with Gasteiger partial charge in [0.15, 0.2) is 15.7 Å². The highest BCUT2D eigenvalue weighted by molar-refractivity contribution is 7.89. The highest BCUT2D eigenvalue weighted by atomic mass is 32.2. The van der Waals surface area contributed by atoms with Crippen LogP contribution >= 0.6 is 0 Å². The molecule has 1 aromatic carbocycles. The zero-order valence-corrected chi connectivity index (χ0v) is 22.1. The van der Waals surface area contributed by atoms with Crippen LogP contribution in [0.4, 0.5) is 5.82 Å². The van der Waals surface area contributed by atoms with Crippen molar-refractivity contribution in [2.24, 2.45) is 0 Å². The fourth-order valence-corrected chi connectivity index (χ4v) is 5.20. The molecular weight excluding hydrogens is 470 g/mol. The molecule has 184 valence electrons. The van der Waals surface area contributed by atoms with E-state index in [0.717, 1.165) is 29.2 Å². The quantitative estimate of drug-likeness (QED) is 0.324. The zero-order valence-electron chi connectivity index (χ0n) is 20.3. The van der Waals surface area contributed by atoms with E-state index in [4.69, 9.17) is 14.5 Å². The minimum absolute atomic E-state index is 0.133. The van der Waals surface area contributed by atoms with Gasteiger partial charge < -0.3 is 18.9 Å². The molecule has 2 aromatic heterocycles. The molecule has 1 saturated heterocycles. The molecule has 0 atom stereocenters. The number of hydrogen-bond acceptors (Lipinski definition) is 8. The predicted octanol–water partition coefficient (Wildman–Crippen LogP) is 3.19. The summed E-state index contributed by atoms with van der Waals surface area (Å²) in [5.74, 6) is 1.07. The second kappa shape index (κ2) is 10.1. The molecule has 0 amide bonds. The van der Waals surface area contributed by atoms with E-state index in [1.807, 2.05) is 22.8 Å². The molecule has 1 fully saturated rings. The van der Waals surface area contributed by atoms with Crippen molar-refractivity contribution in [3.8, 4) is 11.4 Å². The maximum Gasteiger partial charge on any atom is 0.161 e. The number of imidazole rings is 1. The number of rotatable bonds is 9. The highest BCUT2D eigenvalue weighted by Gasteiger charge is 2.18. The molecule has 0 unspecified atom stereocenters. The van der Waals surface area contributed by atoms with Gasteiger partial charge in [0.2, 0.25) is 0 Å². The van der Waals surface area contributed by atoms with Crippen LogP contribution in [0.5, 0.6) is 0 Å². The Morgan fingerprint density at radius 3 is 2.59 bits per heavy atom. The van der Waals surface area contributed by atoms with Gasteiger partial charge in [0.1, 0.15) is 12.5 Å². The van der Waals surface area contributed by atoms with Crippen LogP contribution in [0, 0.1) is 0 Å². The van der Waals surface area contributed by atoms with E-state index in [-0.39, 0.29) is 5.75 Å². The summed E-state index contributed by atoms with van der Waals surface area (Å²) in [6.45, 7) is 10.9. The largest absolute Gasteiger partial charge is 0.378 e. The molecule has 34 heavy (non-hydrogen) atoms. The molecule has 3 heterocycles. The average Bonchev–Trinajstić information content (AvgIpc) is 3.17. The predicted molar refractivity (Wildman–Crippen MR) is 136 cm³/mol. The molecule has 4 rings (SSSR count). The maximum atomic E-state index is 12.0. The number of benzene rings is 1. The number of aromatic nitrogens is 4. The standard InChI is InChI=1S/C23H33N5O4SSi/c1-33(29,30)15-19-14-22(27-7-9-31-10-8-27)26-23(25-19)18-5-6-21-20(13-18)24-16-28(21)17-32-11-12-34(2,3)4/h5-6,13-14,16H,7-12,15,17H2,1-4H3. The maximum absolute atomic E-state index is 12.0. The van der Waals surface area contributed by atoms with Gasteiger partial charge in [-0.15, -0.1) is 0 Å². The molecule has 0 aliphatic carbocycles. The van der Waals surface area contributed by atoms with Gasteiger partial charge in [0, 0.05) is 45.7 Å². The average molecular weight is 504 g/mol. The van der Waals surface area contributed by atoms with Gasteiger partial charge in [0.05, 0.1) is 42.0 Å². The first-order chi connectivity index (χ1) is 16.1. The Balaban J connectivity index is 1.60. The molecule has 1 aliphatic rings. The molecule has 1 aliphatic heterocycles. The number of fused-ring (bicyclic) bond motifs is 1. The molecular formula is C23H33N5O4SSi. The smallest absolute Gasteiger partial charge is 0.161 e. The van der Waals surface area contributed by atoms with Crippen molar-refractivity contribution in [3.05, 3.63) is 36.3 Å². The number of hydrogen-bond donors (Lipinski definition) is 0. The summed E-state index contributed by atoms with van der Waals surface area (Å²) >= 11 is 0. The van der Waals surface area contributed by atoms with Crippen molar-refractivity contribution >= 4 is 34.8 Å². The van der Waals surface area contributed by atoms with Gasteiger partial charge in [-0.25, -0.2) is 23.4 Å². The van der Waals surface area contributed by atoms with Crippen molar-refractivity contribution in [2.75, 3.05) is 44.1 Å². The number of ether oxygens (including phenoxy) is 2. The van der Waals surface area contributed by atoms with Crippen molar-refractivity contribution < 1.29 is 17.9 Å². The van der Waals surface area contributed by atoms with Crippen molar-refractivity contribution in [1.29, 1.82) is 0 Å². The monoisotopic (exact) mass is 503 g/mol.